The molecular formula is C27H39N3O2. The van der Waals surface area contributed by atoms with Crippen LogP contribution in [0.3, 0.4) is 0 Å². The summed E-state index contributed by atoms with van der Waals surface area (Å²) in [4.78, 5) is 19.8. The van der Waals surface area contributed by atoms with Crippen LogP contribution in [0.5, 0.6) is 5.75 Å². The van der Waals surface area contributed by atoms with Gasteiger partial charge in [0.05, 0.1) is 7.11 Å². The van der Waals surface area contributed by atoms with Crippen LogP contribution in [0.15, 0.2) is 48.5 Å². The van der Waals surface area contributed by atoms with Gasteiger partial charge in [-0.1, -0.05) is 25.1 Å². The van der Waals surface area contributed by atoms with Crippen molar-refractivity contribution >= 4 is 11.6 Å². The number of rotatable bonds is 10. The predicted octanol–water partition coefficient (Wildman–Crippen LogP) is 5.06. The number of methoxy groups -OCH3 is 1. The van der Waals surface area contributed by atoms with Gasteiger partial charge in [-0.15, -0.1) is 0 Å². The number of likely N-dealkylation sites (tertiary alicyclic amines) is 1. The zero-order chi connectivity index (χ0) is 22.9. The smallest absolute Gasteiger partial charge is 0.253 e. The maximum atomic E-state index is 12.9. The van der Waals surface area contributed by atoms with E-state index in [0.29, 0.717) is 6.04 Å². The van der Waals surface area contributed by atoms with Gasteiger partial charge in [0.25, 0.3) is 5.91 Å². The molecule has 3 rings (SSSR count). The molecule has 174 valence electrons. The van der Waals surface area contributed by atoms with Crippen LogP contribution in [0.2, 0.25) is 0 Å². The fourth-order valence-corrected chi connectivity index (χ4v) is 4.68. The third-order valence-electron chi connectivity index (χ3n) is 6.50. The first-order chi connectivity index (χ1) is 15.6. The number of ether oxygens (including phenoxy) is 1. The fourth-order valence-electron chi connectivity index (χ4n) is 4.68. The van der Waals surface area contributed by atoms with Crippen LogP contribution in [0.25, 0.3) is 0 Å². The third-order valence-corrected chi connectivity index (χ3v) is 6.50. The summed E-state index contributed by atoms with van der Waals surface area (Å²) in [5.74, 6) is 0.985. The van der Waals surface area contributed by atoms with E-state index in [4.69, 9.17) is 4.74 Å². The van der Waals surface area contributed by atoms with Crippen LogP contribution in [-0.4, -0.2) is 61.6 Å². The predicted molar refractivity (Wildman–Crippen MR) is 133 cm³/mol. The molecule has 0 bridgehead atoms. The molecule has 0 aromatic heterocycles. The average Bonchev–Trinajstić information content (AvgIpc) is 2.84. The zero-order valence-corrected chi connectivity index (χ0v) is 20.2. The molecule has 1 heterocycles. The van der Waals surface area contributed by atoms with Gasteiger partial charge in [0.2, 0.25) is 0 Å². The first-order valence-electron chi connectivity index (χ1n) is 12.1. The minimum Gasteiger partial charge on any atom is -0.497 e. The van der Waals surface area contributed by atoms with Crippen LogP contribution in [-0.2, 0) is 6.54 Å². The van der Waals surface area contributed by atoms with Crippen molar-refractivity contribution in [3.05, 3.63) is 59.7 Å². The van der Waals surface area contributed by atoms with Gasteiger partial charge in [0.15, 0.2) is 0 Å². The summed E-state index contributed by atoms with van der Waals surface area (Å²) in [6.45, 7) is 12.0. The number of piperidine rings is 1. The van der Waals surface area contributed by atoms with E-state index in [-0.39, 0.29) is 5.91 Å². The molecule has 0 spiro atoms. The third kappa shape index (κ3) is 6.04. The minimum absolute atomic E-state index is 0.109. The first-order valence-corrected chi connectivity index (χ1v) is 12.1. The number of hydrogen-bond acceptors (Lipinski definition) is 4. The SMILES string of the molecule is CCCN1CCC(N(Cc2cccc(C(=O)N(CC)CC)c2)c2cccc(OC)c2)CC1. The summed E-state index contributed by atoms with van der Waals surface area (Å²) in [5, 5.41) is 0. The van der Waals surface area contributed by atoms with E-state index in [9.17, 15) is 4.79 Å². The van der Waals surface area contributed by atoms with Crippen molar-refractivity contribution in [1.82, 2.24) is 9.80 Å². The molecule has 1 saturated heterocycles. The van der Waals surface area contributed by atoms with Gasteiger partial charge in [-0.2, -0.15) is 0 Å². The van der Waals surface area contributed by atoms with E-state index in [2.05, 4.69) is 47.1 Å². The fraction of sp³-hybridized carbons (Fsp3) is 0.519. The Morgan fingerprint density at radius 1 is 1.03 bits per heavy atom. The van der Waals surface area contributed by atoms with Crippen LogP contribution in [0.1, 0.15) is 56.0 Å². The van der Waals surface area contributed by atoms with Crippen LogP contribution >= 0.6 is 0 Å². The minimum atomic E-state index is 0.109. The lowest BCUT2D eigenvalue weighted by Crippen LogP contribution is -2.45. The number of carbonyl (C=O) groups excluding carboxylic acids is 1. The normalized spacial score (nSPS) is 14.9. The molecule has 2 aromatic rings. The molecule has 2 aromatic carbocycles. The van der Waals surface area contributed by atoms with E-state index in [1.54, 1.807) is 7.11 Å². The van der Waals surface area contributed by atoms with E-state index in [1.807, 2.05) is 36.9 Å². The molecular weight excluding hydrogens is 398 g/mol. The molecule has 5 nitrogen and oxygen atoms in total. The number of hydrogen-bond donors (Lipinski definition) is 0. The lowest BCUT2D eigenvalue weighted by molar-refractivity contribution is 0.0773. The topological polar surface area (TPSA) is 36.0 Å². The highest BCUT2D eigenvalue weighted by Gasteiger charge is 2.25. The van der Waals surface area contributed by atoms with Crippen LogP contribution in [0.4, 0.5) is 5.69 Å². The van der Waals surface area contributed by atoms with Crippen molar-refractivity contribution in [2.45, 2.75) is 52.6 Å². The molecule has 1 aliphatic rings. The highest BCUT2D eigenvalue weighted by molar-refractivity contribution is 5.94. The standard InChI is InChI=1S/C27H39N3O2/c1-5-16-28-17-14-24(15-18-28)30(25-12-9-13-26(20-25)32-4)21-22-10-8-11-23(19-22)27(31)29(6-2)7-3/h8-13,19-20,24H,5-7,14-18,21H2,1-4H3. The number of benzene rings is 2. The van der Waals surface area contributed by atoms with E-state index >= 15 is 0 Å². The molecule has 1 amide bonds. The maximum Gasteiger partial charge on any atom is 0.253 e. The van der Waals surface area contributed by atoms with E-state index in [0.717, 1.165) is 56.9 Å². The van der Waals surface area contributed by atoms with Gasteiger partial charge in [-0.3, -0.25) is 4.79 Å². The zero-order valence-electron chi connectivity index (χ0n) is 20.2. The Kier molecular flexibility index (Phi) is 8.98. The number of carbonyl (C=O) groups is 1. The number of amides is 1. The Hall–Kier alpha value is -2.53. The van der Waals surface area contributed by atoms with Gasteiger partial charge in [-0.25, -0.2) is 0 Å². The van der Waals surface area contributed by atoms with Gasteiger partial charge < -0.3 is 19.4 Å². The molecule has 0 saturated carbocycles. The van der Waals surface area contributed by atoms with Crippen LogP contribution < -0.4 is 9.64 Å². The molecule has 0 N–H and O–H groups in total. The number of anilines is 1. The Labute approximate surface area is 194 Å². The average molecular weight is 438 g/mol. The van der Waals surface area contributed by atoms with Crippen molar-refractivity contribution in [3.8, 4) is 5.75 Å². The molecule has 1 aliphatic heterocycles. The van der Waals surface area contributed by atoms with Crippen molar-refractivity contribution in [1.29, 1.82) is 0 Å². The summed E-state index contributed by atoms with van der Waals surface area (Å²) in [5.41, 5.74) is 3.12. The Bertz CT molecular complexity index is 857. The Balaban J connectivity index is 1.84. The first kappa shape index (κ1) is 24.1. The molecule has 32 heavy (non-hydrogen) atoms. The lowest BCUT2D eigenvalue weighted by Gasteiger charge is -2.40. The van der Waals surface area contributed by atoms with Gasteiger partial charge in [-0.05, 0) is 69.5 Å². The van der Waals surface area contributed by atoms with Crippen molar-refractivity contribution in [2.75, 3.05) is 44.7 Å². The Morgan fingerprint density at radius 2 is 1.75 bits per heavy atom. The van der Waals surface area contributed by atoms with E-state index < -0.39 is 0 Å². The molecule has 0 atom stereocenters. The second kappa shape index (κ2) is 11.9. The summed E-state index contributed by atoms with van der Waals surface area (Å²) in [6.07, 6.45) is 3.50. The highest BCUT2D eigenvalue weighted by atomic mass is 16.5. The summed E-state index contributed by atoms with van der Waals surface area (Å²) in [7, 11) is 1.72. The summed E-state index contributed by atoms with van der Waals surface area (Å²) >= 11 is 0. The van der Waals surface area contributed by atoms with Gasteiger partial charge >= 0.3 is 0 Å². The van der Waals surface area contributed by atoms with Gasteiger partial charge in [0, 0.05) is 56.1 Å². The highest BCUT2D eigenvalue weighted by Crippen LogP contribution is 2.29. The monoisotopic (exact) mass is 437 g/mol. The van der Waals surface area contributed by atoms with Crippen molar-refractivity contribution < 1.29 is 9.53 Å². The van der Waals surface area contributed by atoms with E-state index in [1.165, 1.54) is 24.2 Å². The molecule has 5 heteroatoms. The second-order valence-electron chi connectivity index (χ2n) is 8.58. The molecule has 0 radical (unpaired) electrons. The van der Waals surface area contributed by atoms with Crippen molar-refractivity contribution in [2.24, 2.45) is 0 Å². The molecule has 1 fully saturated rings. The van der Waals surface area contributed by atoms with Crippen molar-refractivity contribution in [3.63, 3.8) is 0 Å². The quantitative estimate of drug-likeness (QED) is 0.521. The van der Waals surface area contributed by atoms with Crippen LogP contribution in [0, 0.1) is 0 Å². The lowest BCUT2D eigenvalue weighted by atomic mass is 10.00. The summed E-state index contributed by atoms with van der Waals surface area (Å²) in [6, 6.07) is 17.0. The Morgan fingerprint density at radius 3 is 2.41 bits per heavy atom. The summed E-state index contributed by atoms with van der Waals surface area (Å²) < 4.78 is 5.51. The maximum absolute atomic E-state index is 12.9. The number of nitrogens with zero attached hydrogens (tertiary/aromatic N) is 3. The van der Waals surface area contributed by atoms with Gasteiger partial charge in [0.1, 0.15) is 5.75 Å². The largest absolute Gasteiger partial charge is 0.497 e. The molecule has 0 unspecified atom stereocenters. The molecule has 0 aliphatic carbocycles. The second-order valence-corrected chi connectivity index (χ2v) is 8.58.